The van der Waals surface area contributed by atoms with Crippen LogP contribution >= 0.6 is 0 Å². The van der Waals surface area contributed by atoms with E-state index >= 15 is 0 Å². The molecule has 0 aromatic heterocycles. The number of sulfonamides is 1. The number of nitrogens with zero attached hydrogens (tertiary/aromatic N) is 1. The molecule has 0 radical (unpaired) electrons. The average Bonchev–Trinajstić information content (AvgIpc) is 2.74. The van der Waals surface area contributed by atoms with Gasteiger partial charge >= 0.3 is 0 Å². The van der Waals surface area contributed by atoms with Crippen LogP contribution in [-0.4, -0.2) is 67.2 Å². The molecule has 2 aromatic carbocycles. The van der Waals surface area contributed by atoms with Crippen LogP contribution in [0, 0.1) is 0 Å². The lowest BCUT2D eigenvalue weighted by atomic mass is 10.1. The standard InChI is InChI=1S/C21H29N3O5S/c1-24(2)20(17-6-5-7-18(14-17)29-4)15-22-21(25)16-8-10-19(11-9-16)30(26,27)23-12-13-28-3/h5-11,14,20,23H,12-13,15H2,1-4H3,(H,22,25)/t20-/m1/s1. The van der Waals surface area contributed by atoms with Gasteiger partial charge < -0.3 is 19.7 Å². The summed E-state index contributed by atoms with van der Waals surface area (Å²) in [6, 6.07) is 13.5. The molecule has 0 aliphatic carbocycles. The van der Waals surface area contributed by atoms with Crippen molar-refractivity contribution in [2.24, 2.45) is 0 Å². The number of carbonyl (C=O) groups is 1. The molecule has 0 spiro atoms. The van der Waals surface area contributed by atoms with E-state index in [0.717, 1.165) is 11.3 Å². The zero-order chi connectivity index (χ0) is 22.1. The fourth-order valence-electron chi connectivity index (χ4n) is 2.89. The van der Waals surface area contributed by atoms with E-state index in [-0.39, 0.29) is 30.0 Å². The van der Waals surface area contributed by atoms with Gasteiger partial charge in [0.2, 0.25) is 10.0 Å². The van der Waals surface area contributed by atoms with Crippen LogP contribution in [0.3, 0.4) is 0 Å². The molecule has 1 amide bonds. The zero-order valence-corrected chi connectivity index (χ0v) is 18.5. The summed E-state index contributed by atoms with van der Waals surface area (Å²) >= 11 is 0. The Morgan fingerprint density at radius 3 is 2.40 bits per heavy atom. The van der Waals surface area contributed by atoms with E-state index in [0.29, 0.717) is 12.1 Å². The maximum Gasteiger partial charge on any atom is 0.251 e. The largest absolute Gasteiger partial charge is 0.497 e. The maximum atomic E-state index is 12.6. The first-order valence-electron chi connectivity index (χ1n) is 9.45. The minimum Gasteiger partial charge on any atom is -0.497 e. The SMILES string of the molecule is COCCNS(=O)(=O)c1ccc(C(=O)NC[C@H](c2cccc(OC)c2)N(C)C)cc1. The summed E-state index contributed by atoms with van der Waals surface area (Å²) in [5, 5.41) is 2.91. The van der Waals surface area contributed by atoms with Gasteiger partial charge in [-0.1, -0.05) is 12.1 Å². The van der Waals surface area contributed by atoms with E-state index in [1.807, 2.05) is 43.3 Å². The van der Waals surface area contributed by atoms with Crippen LogP contribution in [0.15, 0.2) is 53.4 Å². The van der Waals surface area contributed by atoms with Gasteiger partial charge in [-0.3, -0.25) is 4.79 Å². The lowest BCUT2D eigenvalue weighted by molar-refractivity contribution is 0.0942. The predicted octanol–water partition coefficient (Wildman–Crippen LogP) is 1.65. The fraction of sp³-hybridized carbons (Fsp3) is 0.381. The van der Waals surface area contributed by atoms with Crippen molar-refractivity contribution in [3.63, 3.8) is 0 Å². The van der Waals surface area contributed by atoms with Gasteiger partial charge in [0.15, 0.2) is 0 Å². The normalized spacial score (nSPS) is 12.6. The first-order chi connectivity index (χ1) is 14.3. The third-order valence-electron chi connectivity index (χ3n) is 4.58. The third kappa shape index (κ3) is 6.53. The number of amides is 1. The summed E-state index contributed by atoms with van der Waals surface area (Å²) in [6.45, 7) is 0.842. The minimum atomic E-state index is -3.63. The minimum absolute atomic E-state index is 0.0475. The molecule has 2 aromatic rings. The number of ether oxygens (including phenoxy) is 2. The second kappa shape index (κ2) is 11.1. The molecule has 8 nitrogen and oxygen atoms in total. The number of likely N-dealkylation sites (N-methyl/N-ethyl adjacent to an activating group) is 1. The van der Waals surface area contributed by atoms with Crippen molar-refractivity contribution in [3.8, 4) is 5.75 Å². The number of carbonyl (C=O) groups excluding carboxylic acids is 1. The van der Waals surface area contributed by atoms with Crippen LogP contribution in [-0.2, 0) is 14.8 Å². The average molecular weight is 436 g/mol. The quantitative estimate of drug-likeness (QED) is 0.521. The van der Waals surface area contributed by atoms with Crippen LogP contribution in [0.1, 0.15) is 22.0 Å². The highest BCUT2D eigenvalue weighted by Gasteiger charge is 2.18. The lowest BCUT2D eigenvalue weighted by Crippen LogP contribution is -2.34. The van der Waals surface area contributed by atoms with E-state index in [9.17, 15) is 13.2 Å². The monoisotopic (exact) mass is 435 g/mol. The van der Waals surface area contributed by atoms with Crippen molar-refractivity contribution in [1.82, 2.24) is 14.9 Å². The van der Waals surface area contributed by atoms with Gasteiger partial charge in [-0.25, -0.2) is 13.1 Å². The van der Waals surface area contributed by atoms with Gasteiger partial charge in [0.25, 0.3) is 5.91 Å². The summed E-state index contributed by atoms with van der Waals surface area (Å²) in [7, 11) is 3.35. The van der Waals surface area contributed by atoms with Gasteiger partial charge in [0.1, 0.15) is 5.75 Å². The Balaban J connectivity index is 2.04. The topological polar surface area (TPSA) is 97.0 Å². The smallest absolute Gasteiger partial charge is 0.251 e. The Bertz CT molecular complexity index is 930. The van der Waals surface area contributed by atoms with E-state index in [4.69, 9.17) is 9.47 Å². The van der Waals surface area contributed by atoms with Crippen molar-refractivity contribution in [2.45, 2.75) is 10.9 Å². The van der Waals surface area contributed by atoms with Crippen molar-refractivity contribution in [3.05, 3.63) is 59.7 Å². The third-order valence-corrected chi connectivity index (χ3v) is 6.06. The molecule has 0 unspecified atom stereocenters. The van der Waals surface area contributed by atoms with Gasteiger partial charge in [0, 0.05) is 25.8 Å². The summed E-state index contributed by atoms with van der Waals surface area (Å²) < 4.78 is 37.0. The van der Waals surface area contributed by atoms with Gasteiger partial charge in [-0.05, 0) is 56.1 Å². The van der Waals surface area contributed by atoms with Crippen molar-refractivity contribution in [1.29, 1.82) is 0 Å². The van der Waals surface area contributed by atoms with Gasteiger partial charge in [-0.15, -0.1) is 0 Å². The Labute approximate surface area is 178 Å². The Morgan fingerprint density at radius 2 is 1.80 bits per heavy atom. The summed E-state index contributed by atoms with van der Waals surface area (Å²) in [4.78, 5) is 14.7. The second-order valence-electron chi connectivity index (χ2n) is 6.88. The van der Waals surface area contributed by atoms with Gasteiger partial charge in [-0.2, -0.15) is 0 Å². The van der Waals surface area contributed by atoms with Crippen LogP contribution in [0.25, 0.3) is 0 Å². The molecule has 9 heteroatoms. The number of hydrogen-bond donors (Lipinski definition) is 2. The van der Waals surface area contributed by atoms with Crippen molar-refractivity contribution >= 4 is 15.9 Å². The zero-order valence-electron chi connectivity index (χ0n) is 17.7. The first-order valence-corrected chi connectivity index (χ1v) is 10.9. The molecule has 0 saturated heterocycles. The van der Waals surface area contributed by atoms with E-state index in [1.165, 1.54) is 31.4 Å². The van der Waals surface area contributed by atoms with Crippen LogP contribution in [0.5, 0.6) is 5.75 Å². The van der Waals surface area contributed by atoms with Crippen LogP contribution in [0.2, 0.25) is 0 Å². The van der Waals surface area contributed by atoms with Crippen LogP contribution < -0.4 is 14.8 Å². The molecule has 2 N–H and O–H groups in total. The highest BCUT2D eigenvalue weighted by atomic mass is 32.2. The fourth-order valence-corrected chi connectivity index (χ4v) is 3.90. The van der Waals surface area contributed by atoms with Crippen molar-refractivity contribution < 1.29 is 22.7 Å². The molecule has 0 fully saturated rings. The molecule has 0 bridgehead atoms. The molecular weight excluding hydrogens is 406 g/mol. The maximum absolute atomic E-state index is 12.6. The molecule has 2 rings (SSSR count). The number of rotatable bonds is 11. The number of nitrogens with one attached hydrogen (secondary N) is 2. The summed E-state index contributed by atoms with van der Waals surface area (Å²) in [5.41, 5.74) is 1.40. The Kier molecular flexibility index (Phi) is 8.79. The second-order valence-corrected chi connectivity index (χ2v) is 8.65. The van der Waals surface area contributed by atoms with E-state index in [1.54, 1.807) is 7.11 Å². The van der Waals surface area contributed by atoms with Gasteiger partial charge in [0.05, 0.1) is 24.7 Å². The summed E-state index contributed by atoms with van der Waals surface area (Å²) in [6.07, 6.45) is 0. The summed E-state index contributed by atoms with van der Waals surface area (Å²) in [5.74, 6) is 0.475. The molecule has 0 heterocycles. The molecule has 0 aliphatic heterocycles. The highest BCUT2D eigenvalue weighted by Crippen LogP contribution is 2.22. The first kappa shape index (κ1) is 23.8. The number of hydrogen-bond acceptors (Lipinski definition) is 6. The molecular formula is C21H29N3O5S. The van der Waals surface area contributed by atoms with Crippen LogP contribution in [0.4, 0.5) is 0 Å². The Hall–Kier alpha value is -2.46. The Morgan fingerprint density at radius 1 is 1.10 bits per heavy atom. The molecule has 0 saturated carbocycles. The van der Waals surface area contributed by atoms with Crippen molar-refractivity contribution in [2.75, 3.05) is 48.0 Å². The lowest BCUT2D eigenvalue weighted by Gasteiger charge is -2.25. The molecule has 30 heavy (non-hydrogen) atoms. The van der Waals surface area contributed by atoms with E-state index < -0.39 is 10.0 Å². The number of methoxy groups -OCH3 is 2. The molecule has 164 valence electrons. The predicted molar refractivity (Wildman–Crippen MR) is 115 cm³/mol. The molecule has 0 aliphatic rings. The van der Waals surface area contributed by atoms with E-state index in [2.05, 4.69) is 10.0 Å². The molecule has 1 atom stereocenters. The highest BCUT2D eigenvalue weighted by molar-refractivity contribution is 7.89. The number of benzene rings is 2.